The third-order valence-electron chi connectivity index (χ3n) is 3.43. The van der Waals surface area contributed by atoms with Crippen LogP contribution in [0, 0.1) is 0 Å². The van der Waals surface area contributed by atoms with Gasteiger partial charge in [-0.2, -0.15) is 0 Å². The first-order valence-electron chi connectivity index (χ1n) is 6.37. The maximum Gasteiger partial charge on any atom is 0.337 e. The fourth-order valence-electron chi connectivity index (χ4n) is 2.51. The van der Waals surface area contributed by atoms with Gasteiger partial charge in [0, 0.05) is 12.5 Å². The second-order valence-electron chi connectivity index (χ2n) is 4.72. The Kier molecular flexibility index (Phi) is 2.68. The largest absolute Gasteiger partial charge is 0.337 e. The van der Waals surface area contributed by atoms with E-state index in [1.165, 1.54) is 16.7 Å². The lowest BCUT2D eigenvalue weighted by Gasteiger charge is -2.12. The first-order chi connectivity index (χ1) is 8.36. The van der Waals surface area contributed by atoms with Crippen molar-refractivity contribution in [3.05, 3.63) is 64.6 Å². The van der Waals surface area contributed by atoms with Gasteiger partial charge in [0.2, 0.25) is 0 Å². The van der Waals surface area contributed by atoms with Crippen molar-refractivity contribution in [1.82, 2.24) is 0 Å². The van der Waals surface area contributed by atoms with E-state index < -0.39 is 0 Å². The lowest BCUT2D eigenvalue weighted by atomic mass is 9.90. The van der Waals surface area contributed by atoms with Gasteiger partial charge in [-0.15, -0.1) is 0 Å². The van der Waals surface area contributed by atoms with Gasteiger partial charge in [0.05, 0.1) is 18.4 Å². The Morgan fingerprint density at radius 2 is 1.71 bits per heavy atom. The van der Waals surface area contributed by atoms with Crippen LogP contribution in [0.15, 0.2) is 40.8 Å². The molecule has 0 radical (unpaired) electrons. The Morgan fingerprint density at radius 3 is 2.47 bits per heavy atom. The van der Waals surface area contributed by atoms with Gasteiger partial charge in [0.1, 0.15) is 0 Å². The van der Waals surface area contributed by atoms with Crippen molar-refractivity contribution in [2.24, 2.45) is 0 Å². The molecule has 1 heteroatoms. The van der Waals surface area contributed by atoms with E-state index >= 15 is 0 Å². The standard InChI is InChI=1S/C16H17O/c1-2-5-15-9-8-14-10-12-6-3-4-7-13(12)11-16(14)17-15/h3-4,6-9H,2,5,10-11H2,1H3/q+1. The normalized spacial score (nSPS) is 13.0. The molecule has 86 valence electrons. The zero-order valence-corrected chi connectivity index (χ0v) is 10.2. The lowest BCUT2D eigenvalue weighted by Crippen LogP contribution is -2.07. The Labute approximate surface area is 102 Å². The quantitative estimate of drug-likeness (QED) is 0.600. The van der Waals surface area contributed by atoms with Crippen LogP contribution >= 0.6 is 0 Å². The van der Waals surface area contributed by atoms with Gasteiger partial charge in [0.25, 0.3) is 0 Å². The van der Waals surface area contributed by atoms with Crippen molar-refractivity contribution >= 4 is 0 Å². The summed E-state index contributed by atoms with van der Waals surface area (Å²) < 4.78 is 6.00. The van der Waals surface area contributed by atoms with Crippen molar-refractivity contribution < 1.29 is 4.42 Å². The molecule has 0 N–H and O–H groups in total. The SMILES string of the molecule is CCCc1ccc2c([o+]1)Cc1ccccc1C2. The Bertz CT molecular complexity index is 543. The molecule has 0 fully saturated rings. The molecule has 2 aromatic rings. The van der Waals surface area contributed by atoms with Gasteiger partial charge in [-0.1, -0.05) is 31.2 Å². The molecule has 1 aliphatic carbocycles. The molecular formula is C16H17O+. The summed E-state index contributed by atoms with van der Waals surface area (Å²) in [4.78, 5) is 0. The number of rotatable bonds is 2. The molecule has 17 heavy (non-hydrogen) atoms. The molecule has 0 saturated heterocycles. The molecule has 1 nitrogen and oxygen atoms in total. The topological polar surface area (TPSA) is 11.3 Å². The van der Waals surface area contributed by atoms with Gasteiger partial charge in [-0.3, -0.25) is 0 Å². The van der Waals surface area contributed by atoms with Crippen LogP contribution in [-0.2, 0) is 19.3 Å². The first-order valence-corrected chi connectivity index (χ1v) is 6.37. The molecule has 1 heterocycles. The van der Waals surface area contributed by atoms with Crippen LogP contribution in [0.1, 0.15) is 41.6 Å². The molecular weight excluding hydrogens is 208 g/mol. The molecule has 0 aliphatic heterocycles. The van der Waals surface area contributed by atoms with Crippen molar-refractivity contribution in [3.63, 3.8) is 0 Å². The summed E-state index contributed by atoms with van der Waals surface area (Å²) >= 11 is 0. The fraction of sp³-hybridized carbons (Fsp3) is 0.312. The summed E-state index contributed by atoms with van der Waals surface area (Å²) in [5.41, 5.74) is 4.21. The maximum atomic E-state index is 6.00. The van der Waals surface area contributed by atoms with Crippen LogP contribution in [0.4, 0.5) is 0 Å². The zero-order valence-electron chi connectivity index (χ0n) is 10.2. The maximum absolute atomic E-state index is 6.00. The highest BCUT2D eigenvalue weighted by atomic mass is 16.3. The molecule has 1 aromatic carbocycles. The predicted molar refractivity (Wildman–Crippen MR) is 69.2 cm³/mol. The van der Waals surface area contributed by atoms with Crippen LogP contribution in [0.3, 0.4) is 0 Å². The van der Waals surface area contributed by atoms with Gasteiger partial charge >= 0.3 is 11.5 Å². The van der Waals surface area contributed by atoms with E-state index in [4.69, 9.17) is 4.42 Å². The van der Waals surface area contributed by atoms with Gasteiger partial charge in [0.15, 0.2) is 0 Å². The number of aryl methyl sites for hydroxylation is 1. The van der Waals surface area contributed by atoms with Crippen molar-refractivity contribution in [2.75, 3.05) is 0 Å². The zero-order chi connectivity index (χ0) is 11.7. The number of benzene rings is 1. The summed E-state index contributed by atoms with van der Waals surface area (Å²) in [5, 5.41) is 0. The highest BCUT2D eigenvalue weighted by Gasteiger charge is 2.25. The summed E-state index contributed by atoms with van der Waals surface area (Å²) in [6.45, 7) is 2.18. The van der Waals surface area contributed by atoms with Crippen LogP contribution in [0.2, 0.25) is 0 Å². The Balaban J connectivity index is 1.97. The van der Waals surface area contributed by atoms with Gasteiger partial charge < -0.3 is 0 Å². The van der Waals surface area contributed by atoms with Crippen LogP contribution < -0.4 is 0 Å². The molecule has 3 rings (SSSR count). The Hall–Kier alpha value is -1.63. The summed E-state index contributed by atoms with van der Waals surface area (Å²) in [6.07, 6.45) is 4.14. The van der Waals surface area contributed by atoms with E-state index in [0.29, 0.717) is 0 Å². The van der Waals surface area contributed by atoms with Crippen molar-refractivity contribution in [2.45, 2.75) is 32.6 Å². The first kappa shape index (κ1) is 10.5. The minimum absolute atomic E-state index is 0.947. The highest BCUT2D eigenvalue weighted by molar-refractivity contribution is 5.41. The van der Waals surface area contributed by atoms with E-state index in [1.54, 1.807) is 0 Å². The number of fused-ring (bicyclic) bond motifs is 2. The van der Waals surface area contributed by atoms with E-state index in [-0.39, 0.29) is 0 Å². The third kappa shape index (κ3) is 1.97. The molecule has 0 amide bonds. The predicted octanol–water partition coefficient (Wildman–Crippen LogP) is 4.01. The number of hydrogen-bond donors (Lipinski definition) is 0. The van der Waals surface area contributed by atoms with Crippen LogP contribution in [0.5, 0.6) is 0 Å². The summed E-state index contributed by atoms with van der Waals surface area (Å²) in [7, 11) is 0. The van der Waals surface area contributed by atoms with Crippen molar-refractivity contribution in [1.29, 1.82) is 0 Å². The third-order valence-corrected chi connectivity index (χ3v) is 3.43. The smallest absolute Gasteiger partial charge is 0.217 e. The monoisotopic (exact) mass is 225 g/mol. The van der Waals surface area contributed by atoms with Crippen molar-refractivity contribution in [3.8, 4) is 0 Å². The minimum atomic E-state index is 0.947. The average Bonchev–Trinajstić information content (AvgIpc) is 2.36. The van der Waals surface area contributed by atoms with Crippen LogP contribution in [0.25, 0.3) is 0 Å². The van der Waals surface area contributed by atoms with E-state index in [9.17, 15) is 0 Å². The number of hydrogen-bond acceptors (Lipinski definition) is 0. The highest BCUT2D eigenvalue weighted by Crippen LogP contribution is 2.27. The molecule has 1 aromatic heterocycles. The second-order valence-corrected chi connectivity index (χ2v) is 4.72. The fourth-order valence-corrected chi connectivity index (χ4v) is 2.51. The van der Waals surface area contributed by atoms with Gasteiger partial charge in [-0.05, 0) is 23.6 Å². The summed E-state index contributed by atoms with van der Waals surface area (Å²) in [6, 6.07) is 13.0. The Morgan fingerprint density at radius 1 is 0.941 bits per heavy atom. The van der Waals surface area contributed by atoms with Gasteiger partial charge in [-0.25, -0.2) is 4.42 Å². The molecule has 0 unspecified atom stereocenters. The van der Waals surface area contributed by atoms with Crippen LogP contribution in [-0.4, -0.2) is 0 Å². The minimum Gasteiger partial charge on any atom is -0.217 e. The molecule has 0 atom stereocenters. The molecule has 0 saturated carbocycles. The molecule has 0 spiro atoms. The second kappa shape index (κ2) is 4.33. The van der Waals surface area contributed by atoms with E-state index in [0.717, 1.165) is 37.2 Å². The molecule has 1 aliphatic rings. The summed E-state index contributed by atoms with van der Waals surface area (Å²) in [5.74, 6) is 2.28. The van der Waals surface area contributed by atoms with E-state index in [1.807, 2.05) is 0 Å². The lowest BCUT2D eigenvalue weighted by molar-refractivity contribution is 0.443. The van der Waals surface area contributed by atoms with E-state index in [2.05, 4.69) is 43.3 Å². The average molecular weight is 225 g/mol. The molecule has 0 bridgehead atoms.